The molecule has 130 valence electrons. The third kappa shape index (κ3) is 3.47. The van der Waals surface area contributed by atoms with Gasteiger partial charge in [0.2, 0.25) is 0 Å². The molecule has 1 aliphatic rings. The van der Waals surface area contributed by atoms with E-state index in [1.54, 1.807) is 0 Å². The molecule has 0 bridgehead atoms. The Bertz CT molecular complexity index is 807. The highest BCUT2D eigenvalue weighted by Crippen LogP contribution is 2.43. The van der Waals surface area contributed by atoms with Gasteiger partial charge in [0.05, 0.1) is 11.6 Å². The van der Waals surface area contributed by atoms with Crippen LogP contribution in [0.1, 0.15) is 52.4 Å². The normalized spacial score (nSPS) is 18.5. The molecule has 2 N–H and O–H groups in total. The second-order valence-electron chi connectivity index (χ2n) is 6.12. The molecular weight excluding hydrogens is 325 g/mol. The summed E-state index contributed by atoms with van der Waals surface area (Å²) in [6.45, 7) is 1.92. The molecule has 5 nitrogen and oxygen atoms in total. The van der Waals surface area contributed by atoms with E-state index in [0.717, 1.165) is 11.6 Å². The van der Waals surface area contributed by atoms with Crippen molar-refractivity contribution in [1.82, 2.24) is 5.32 Å². The van der Waals surface area contributed by atoms with E-state index in [2.05, 4.69) is 5.32 Å². The van der Waals surface area contributed by atoms with Crippen molar-refractivity contribution in [2.75, 3.05) is 0 Å². The van der Waals surface area contributed by atoms with Gasteiger partial charge in [-0.2, -0.15) is 0 Å². The standard InChI is InChI=1S/C19H18FNO4/c1-11-9-15(17-13(18(22)23)7-8-14(20)16(11)17)21-19(24)25-10-12-5-3-2-4-6-12/h2-8,11,15H,9-10H2,1H3,(H,21,24)(H,22,23)/t11-,15+/m0/s1. The van der Waals surface area contributed by atoms with Crippen LogP contribution < -0.4 is 5.32 Å². The number of carboxylic acid groups (broad SMARTS) is 1. The van der Waals surface area contributed by atoms with Gasteiger partial charge in [0.1, 0.15) is 12.4 Å². The molecule has 0 aliphatic heterocycles. The molecule has 0 saturated carbocycles. The van der Waals surface area contributed by atoms with Gasteiger partial charge >= 0.3 is 12.1 Å². The van der Waals surface area contributed by atoms with Gasteiger partial charge in [-0.1, -0.05) is 37.3 Å². The maximum Gasteiger partial charge on any atom is 0.407 e. The molecule has 0 spiro atoms. The third-order valence-electron chi connectivity index (χ3n) is 4.40. The Morgan fingerprint density at radius 2 is 1.92 bits per heavy atom. The molecule has 0 unspecified atom stereocenters. The highest BCUT2D eigenvalue weighted by Gasteiger charge is 2.35. The number of fused-ring (bicyclic) bond motifs is 1. The van der Waals surface area contributed by atoms with E-state index < -0.39 is 23.9 Å². The van der Waals surface area contributed by atoms with Gasteiger partial charge in [-0.25, -0.2) is 14.0 Å². The Kier molecular flexibility index (Phi) is 4.70. The molecule has 0 heterocycles. The van der Waals surface area contributed by atoms with Gasteiger partial charge in [0, 0.05) is 0 Å². The quantitative estimate of drug-likeness (QED) is 0.880. The number of hydrogen-bond donors (Lipinski definition) is 2. The molecule has 2 aromatic rings. The highest BCUT2D eigenvalue weighted by molar-refractivity contribution is 5.90. The van der Waals surface area contributed by atoms with Crippen molar-refractivity contribution in [1.29, 1.82) is 0 Å². The van der Waals surface area contributed by atoms with Crippen LogP contribution in [0.15, 0.2) is 42.5 Å². The maximum atomic E-state index is 14.1. The number of ether oxygens (including phenoxy) is 1. The minimum Gasteiger partial charge on any atom is -0.478 e. The summed E-state index contributed by atoms with van der Waals surface area (Å²) < 4.78 is 19.3. The van der Waals surface area contributed by atoms with Crippen LogP contribution in [0.5, 0.6) is 0 Å². The monoisotopic (exact) mass is 343 g/mol. The first-order chi connectivity index (χ1) is 12.0. The number of halogens is 1. The topological polar surface area (TPSA) is 75.6 Å². The van der Waals surface area contributed by atoms with E-state index in [1.807, 2.05) is 37.3 Å². The van der Waals surface area contributed by atoms with Gasteiger partial charge in [0.15, 0.2) is 0 Å². The molecule has 1 aliphatic carbocycles. The molecule has 0 aromatic heterocycles. The van der Waals surface area contributed by atoms with Crippen LogP contribution in [0.4, 0.5) is 9.18 Å². The summed E-state index contributed by atoms with van der Waals surface area (Å²) in [7, 11) is 0. The van der Waals surface area contributed by atoms with Crippen LogP contribution in [0.2, 0.25) is 0 Å². The summed E-state index contributed by atoms with van der Waals surface area (Å²) >= 11 is 0. The van der Waals surface area contributed by atoms with Gasteiger partial charge < -0.3 is 15.2 Å². The first-order valence-corrected chi connectivity index (χ1v) is 8.00. The van der Waals surface area contributed by atoms with E-state index in [-0.39, 0.29) is 18.1 Å². The van der Waals surface area contributed by atoms with E-state index in [1.165, 1.54) is 6.07 Å². The number of carbonyl (C=O) groups is 2. The SMILES string of the molecule is C[C@H]1C[C@@H](NC(=O)OCc2ccccc2)c2c(C(=O)O)ccc(F)c21. The number of amides is 1. The number of nitrogens with one attached hydrogen (secondary N) is 1. The smallest absolute Gasteiger partial charge is 0.407 e. The van der Waals surface area contributed by atoms with Gasteiger partial charge in [-0.3, -0.25) is 0 Å². The summed E-state index contributed by atoms with van der Waals surface area (Å²) in [5.41, 5.74) is 1.54. The fourth-order valence-electron chi connectivity index (χ4n) is 3.30. The minimum absolute atomic E-state index is 0.00843. The van der Waals surface area contributed by atoms with Crippen molar-refractivity contribution in [3.63, 3.8) is 0 Å². The molecule has 0 radical (unpaired) electrons. The zero-order valence-corrected chi connectivity index (χ0v) is 13.7. The lowest BCUT2D eigenvalue weighted by atomic mass is 9.98. The predicted octanol–water partition coefficient (Wildman–Crippen LogP) is 4.00. The Morgan fingerprint density at radius 1 is 1.20 bits per heavy atom. The molecule has 2 atom stereocenters. The molecule has 3 rings (SSSR count). The van der Waals surface area contributed by atoms with Crippen molar-refractivity contribution in [2.45, 2.75) is 31.9 Å². The maximum absolute atomic E-state index is 14.1. The molecule has 0 fully saturated rings. The zero-order valence-electron chi connectivity index (χ0n) is 13.7. The van der Waals surface area contributed by atoms with E-state index in [9.17, 15) is 19.1 Å². The number of carbonyl (C=O) groups excluding carboxylic acids is 1. The summed E-state index contributed by atoms with van der Waals surface area (Å²) in [4.78, 5) is 23.5. The van der Waals surface area contributed by atoms with Crippen LogP contribution in [0.3, 0.4) is 0 Å². The molecule has 0 saturated heterocycles. The first-order valence-electron chi connectivity index (χ1n) is 8.00. The highest BCUT2D eigenvalue weighted by atomic mass is 19.1. The number of alkyl carbamates (subject to hydrolysis) is 1. The average Bonchev–Trinajstić information content (AvgIpc) is 2.91. The van der Waals surface area contributed by atoms with Crippen LogP contribution in [-0.4, -0.2) is 17.2 Å². The second-order valence-corrected chi connectivity index (χ2v) is 6.12. The molecule has 2 aromatic carbocycles. The Labute approximate surface area is 144 Å². The Hall–Kier alpha value is -2.89. The summed E-state index contributed by atoms with van der Waals surface area (Å²) in [5, 5.41) is 12.0. The van der Waals surface area contributed by atoms with Crippen LogP contribution >= 0.6 is 0 Å². The Balaban J connectivity index is 1.76. The minimum atomic E-state index is -1.14. The molecular formula is C19H18FNO4. The largest absolute Gasteiger partial charge is 0.478 e. The fourth-order valence-corrected chi connectivity index (χ4v) is 3.30. The molecule has 25 heavy (non-hydrogen) atoms. The van der Waals surface area contributed by atoms with Crippen LogP contribution in [-0.2, 0) is 11.3 Å². The van der Waals surface area contributed by atoms with Crippen molar-refractivity contribution in [3.05, 3.63) is 70.5 Å². The second kappa shape index (κ2) is 6.93. The van der Waals surface area contributed by atoms with Gasteiger partial charge in [-0.15, -0.1) is 0 Å². The van der Waals surface area contributed by atoms with E-state index >= 15 is 0 Å². The summed E-state index contributed by atoms with van der Waals surface area (Å²) in [6.07, 6.45) is -0.230. The lowest BCUT2D eigenvalue weighted by Crippen LogP contribution is -2.28. The lowest BCUT2D eigenvalue weighted by Gasteiger charge is -2.16. The number of carboxylic acids is 1. The fraction of sp³-hybridized carbons (Fsp3) is 0.263. The number of aromatic carboxylic acids is 1. The third-order valence-corrected chi connectivity index (χ3v) is 4.40. The predicted molar refractivity (Wildman–Crippen MR) is 88.9 cm³/mol. The van der Waals surface area contributed by atoms with Crippen LogP contribution in [0.25, 0.3) is 0 Å². The summed E-state index contributed by atoms with van der Waals surface area (Å²) in [5.74, 6) is -1.78. The van der Waals surface area contributed by atoms with Crippen LogP contribution in [0, 0.1) is 5.82 Å². The van der Waals surface area contributed by atoms with Crippen molar-refractivity contribution < 1.29 is 23.8 Å². The van der Waals surface area contributed by atoms with Crippen molar-refractivity contribution in [3.8, 4) is 0 Å². The average molecular weight is 343 g/mol. The van der Waals surface area contributed by atoms with E-state index in [4.69, 9.17) is 4.74 Å². The number of hydrogen-bond acceptors (Lipinski definition) is 3. The Morgan fingerprint density at radius 3 is 2.60 bits per heavy atom. The first kappa shape index (κ1) is 17.0. The molecule has 6 heteroatoms. The van der Waals surface area contributed by atoms with Crippen molar-refractivity contribution >= 4 is 12.1 Å². The zero-order chi connectivity index (χ0) is 18.0. The number of rotatable bonds is 4. The lowest BCUT2D eigenvalue weighted by molar-refractivity contribution is 0.0694. The van der Waals surface area contributed by atoms with E-state index in [0.29, 0.717) is 17.5 Å². The molecule has 1 amide bonds. The number of benzene rings is 2. The van der Waals surface area contributed by atoms with Crippen molar-refractivity contribution in [2.24, 2.45) is 0 Å². The summed E-state index contributed by atoms with van der Waals surface area (Å²) in [6, 6.07) is 11.0. The van der Waals surface area contributed by atoms with Gasteiger partial charge in [0.25, 0.3) is 0 Å². The van der Waals surface area contributed by atoms with Gasteiger partial charge in [-0.05, 0) is 41.2 Å².